The summed E-state index contributed by atoms with van der Waals surface area (Å²) in [6.07, 6.45) is 3.86. The highest BCUT2D eigenvalue weighted by molar-refractivity contribution is 5.59. The molecule has 6 heteroatoms. The summed E-state index contributed by atoms with van der Waals surface area (Å²) in [5.41, 5.74) is 2.26. The Balaban J connectivity index is 1.71. The van der Waals surface area contributed by atoms with Crippen molar-refractivity contribution in [2.75, 3.05) is 23.3 Å². The molecule has 0 spiro atoms. The lowest BCUT2D eigenvalue weighted by molar-refractivity contribution is 0.578. The van der Waals surface area contributed by atoms with E-state index in [1.807, 2.05) is 12.1 Å². The molecular weight excluding hydrogens is 266 g/mol. The highest BCUT2D eigenvalue weighted by Crippen LogP contribution is 2.22. The highest BCUT2D eigenvalue weighted by Gasteiger charge is 2.10. The van der Waals surface area contributed by atoms with Gasteiger partial charge in [0.1, 0.15) is 5.69 Å². The van der Waals surface area contributed by atoms with E-state index >= 15 is 0 Å². The molecule has 3 rings (SSSR count). The first-order valence-corrected chi connectivity index (χ1v) is 7.28. The molecule has 1 aliphatic heterocycles. The molecule has 110 valence electrons. The third kappa shape index (κ3) is 3.21. The summed E-state index contributed by atoms with van der Waals surface area (Å²) in [4.78, 5) is 16.5. The van der Waals surface area contributed by atoms with Crippen LogP contribution in [0.25, 0.3) is 0 Å². The lowest BCUT2D eigenvalue weighted by Gasteiger charge is -2.28. The molecule has 0 saturated carbocycles. The number of benzene rings is 1. The van der Waals surface area contributed by atoms with Gasteiger partial charge in [0, 0.05) is 24.5 Å². The number of hydrogen-bond acceptors (Lipinski definition) is 5. The van der Waals surface area contributed by atoms with Crippen molar-refractivity contribution in [3.05, 3.63) is 40.3 Å². The number of piperidine rings is 1. The van der Waals surface area contributed by atoms with Crippen molar-refractivity contribution < 1.29 is 0 Å². The van der Waals surface area contributed by atoms with Crippen LogP contribution in [0.15, 0.2) is 29.1 Å². The van der Waals surface area contributed by atoms with Gasteiger partial charge in [-0.3, -0.25) is 9.78 Å². The molecule has 21 heavy (non-hydrogen) atoms. The van der Waals surface area contributed by atoms with E-state index in [-0.39, 0.29) is 5.56 Å². The second-order valence-corrected chi connectivity index (χ2v) is 5.31. The van der Waals surface area contributed by atoms with Crippen LogP contribution in [0.5, 0.6) is 0 Å². The predicted octanol–water partition coefficient (Wildman–Crippen LogP) is 2.21. The first-order chi connectivity index (χ1) is 10.2. The van der Waals surface area contributed by atoms with Crippen LogP contribution < -0.4 is 15.8 Å². The van der Waals surface area contributed by atoms with E-state index in [4.69, 9.17) is 0 Å². The molecular formula is C15H19N5O. The minimum absolute atomic E-state index is 0.225. The molecule has 0 unspecified atom stereocenters. The number of rotatable bonds is 3. The van der Waals surface area contributed by atoms with Crippen LogP contribution in [-0.2, 0) is 0 Å². The monoisotopic (exact) mass is 285 g/mol. The van der Waals surface area contributed by atoms with Gasteiger partial charge < -0.3 is 10.2 Å². The van der Waals surface area contributed by atoms with E-state index in [2.05, 4.69) is 37.5 Å². The molecule has 1 aromatic heterocycles. The Labute approximate surface area is 123 Å². The van der Waals surface area contributed by atoms with E-state index in [1.165, 1.54) is 24.9 Å². The number of H-pyrrole nitrogens is 1. The molecule has 0 amide bonds. The summed E-state index contributed by atoms with van der Waals surface area (Å²) in [5, 5.41) is 10.8. The Kier molecular flexibility index (Phi) is 3.85. The van der Waals surface area contributed by atoms with Crippen LogP contribution in [0.4, 0.5) is 17.3 Å². The minimum Gasteiger partial charge on any atom is -0.372 e. The van der Waals surface area contributed by atoms with Gasteiger partial charge in [-0.2, -0.15) is 0 Å². The Hall–Kier alpha value is -2.37. The van der Waals surface area contributed by atoms with Crippen molar-refractivity contribution >= 4 is 17.3 Å². The van der Waals surface area contributed by atoms with E-state index in [0.717, 1.165) is 18.8 Å². The molecule has 0 bridgehead atoms. The lowest BCUT2D eigenvalue weighted by Crippen LogP contribution is -2.29. The van der Waals surface area contributed by atoms with Crippen LogP contribution in [0.1, 0.15) is 25.0 Å². The lowest BCUT2D eigenvalue weighted by atomic mass is 10.1. The van der Waals surface area contributed by atoms with E-state index in [9.17, 15) is 4.79 Å². The molecule has 0 radical (unpaired) electrons. The Morgan fingerprint density at radius 3 is 2.48 bits per heavy atom. The second-order valence-electron chi connectivity index (χ2n) is 5.31. The van der Waals surface area contributed by atoms with Gasteiger partial charge in [0.15, 0.2) is 0 Å². The Bertz CT molecular complexity index is 659. The molecule has 2 N–H and O–H groups in total. The first kappa shape index (κ1) is 13.6. The molecule has 0 atom stereocenters. The van der Waals surface area contributed by atoms with Crippen molar-refractivity contribution in [1.29, 1.82) is 0 Å². The van der Waals surface area contributed by atoms with Crippen LogP contribution in [0, 0.1) is 6.92 Å². The van der Waals surface area contributed by atoms with E-state index < -0.39 is 0 Å². The zero-order chi connectivity index (χ0) is 14.7. The van der Waals surface area contributed by atoms with Crippen molar-refractivity contribution in [1.82, 2.24) is 15.2 Å². The summed E-state index contributed by atoms with van der Waals surface area (Å²) < 4.78 is 0. The number of aromatic amines is 1. The van der Waals surface area contributed by atoms with Crippen molar-refractivity contribution in [2.45, 2.75) is 26.2 Å². The van der Waals surface area contributed by atoms with Gasteiger partial charge in [0.05, 0.1) is 0 Å². The zero-order valence-electron chi connectivity index (χ0n) is 12.1. The van der Waals surface area contributed by atoms with Gasteiger partial charge >= 0.3 is 0 Å². The fourth-order valence-electron chi connectivity index (χ4n) is 2.49. The summed E-state index contributed by atoms with van der Waals surface area (Å²) in [5.74, 6) is 0.358. The Morgan fingerprint density at radius 1 is 1.10 bits per heavy atom. The number of anilines is 3. The van der Waals surface area contributed by atoms with Crippen molar-refractivity contribution in [3.63, 3.8) is 0 Å². The first-order valence-electron chi connectivity index (χ1n) is 7.28. The maximum atomic E-state index is 11.5. The van der Waals surface area contributed by atoms with E-state index in [1.54, 1.807) is 6.92 Å². The summed E-state index contributed by atoms with van der Waals surface area (Å²) in [6, 6.07) is 8.16. The van der Waals surface area contributed by atoms with Gasteiger partial charge in [0.2, 0.25) is 5.95 Å². The van der Waals surface area contributed by atoms with Gasteiger partial charge in [-0.05, 0) is 50.5 Å². The highest BCUT2D eigenvalue weighted by atomic mass is 16.1. The largest absolute Gasteiger partial charge is 0.372 e. The molecule has 1 aromatic carbocycles. The fraction of sp³-hybridized carbons (Fsp3) is 0.400. The average Bonchev–Trinajstić information content (AvgIpc) is 2.53. The molecule has 1 aliphatic rings. The van der Waals surface area contributed by atoms with Gasteiger partial charge in [-0.25, -0.2) is 0 Å². The SMILES string of the molecule is Cc1nnc(Nc2ccc(N3CCCCC3)cc2)[nH]c1=O. The average molecular weight is 285 g/mol. The molecule has 0 aliphatic carbocycles. The normalized spacial score (nSPS) is 15.0. The molecule has 6 nitrogen and oxygen atoms in total. The topological polar surface area (TPSA) is 73.9 Å². The summed E-state index contributed by atoms with van der Waals surface area (Å²) in [6.45, 7) is 3.89. The number of nitrogens with one attached hydrogen (secondary N) is 2. The quantitative estimate of drug-likeness (QED) is 0.904. The van der Waals surface area contributed by atoms with Crippen molar-refractivity contribution in [3.8, 4) is 0 Å². The number of nitrogens with zero attached hydrogens (tertiary/aromatic N) is 3. The second kappa shape index (κ2) is 5.95. The Morgan fingerprint density at radius 2 is 1.81 bits per heavy atom. The number of aryl methyl sites for hydroxylation is 1. The molecule has 2 heterocycles. The minimum atomic E-state index is -0.225. The summed E-state index contributed by atoms with van der Waals surface area (Å²) >= 11 is 0. The number of hydrogen-bond donors (Lipinski definition) is 2. The van der Waals surface area contributed by atoms with E-state index in [0.29, 0.717) is 11.6 Å². The maximum absolute atomic E-state index is 11.5. The molecule has 1 saturated heterocycles. The third-order valence-electron chi connectivity index (χ3n) is 3.71. The van der Waals surface area contributed by atoms with Crippen LogP contribution in [-0.4, -0.2) is 28.3 Å². The van der Waals surface area contributed by atoms with Gasteiger partial charge in [-0.1, -0.05) is 0 Å². The standard InChI is InChI=1S/C15H19N5O/c1-11-14(21)17-15(19-18-11)16-12-5-7-13(8-6-12)20-9-3-2-4-10-20/h5-8H,2-4,9-10H2,1H3,(H2,16,17,19,21). The molecule has 1 fully saturated rings. The zero-order valence-corrected chi connectivity index (χ0v) is 12.1. The van der Waals surface area contributed by atoms with Gasteiger partial charge in [-0.15, -0.1) is 10.2 Å². The maximum Gasteiger partial charge on any atom is 0.273 e. The predicted molar refractivity (Wildman–Crippen MR) is 83.2 cm³/mol. The smallest absolute Gasteiger partial charge is 0.273 e. The molecule has 2 aromatic rings. The summed E-state index contributed by atoms with van der Waals surface area (Å²) in [7, 11) is 0. The number of aromatic nitrogens is 3. The van der Waals surface area contributed by atoms with Crippen LogP contribution >= 0.6 is 0 Å². The van der Waals surface area contributed by atoms with Crippen LogP contribution in [0.3, 0.4) is 0 Å². The van der Waals surface area contributed by atoms with Crippen LogP contribution in [0.2, 0.25) is 0 Å². The third-order valence-corrected chi connectivity index (χ3v) is 3.71. The van der Waals surface area contributed by atoms with Gasteiger partial charge in [0.25, 0.3) is 5.56 Å². The van der Waals surface area contributed by atoms with Crippen molar-refractivity contribution in [2.24, 2.45) is 0 Å². The fourth-order valence-corrected chi connectivity index (χ4v) is 2.49.